The summed E-state index contributed by atoms with van der Waals surface area (Å²) >= 11 is 0. The highest BCUT2D eigenvalue weighted by molar-refractivity contribution is 5.64. The highest BCUT2D eigenvalue weighted by atomic mass is 14.8. The SMILES string of the molecule is CC1(C)[C@H]2Cc3nc(-c4cccc(-c5ccccc5)n4)ccc3[C@@H]1C2. The quantitative estimate of drug-likeness (QED) is 0.622. The Morgan fingerprint density at radius 3 is 2.36 bits per heavy atom. The third-order valence-electron chi connectivity index (χ3n) is 6.38. The Balaban J connectivity index is 1.53. The Hall–Kier alpha value is -2.48. The van der Waals surface area contributed by atoms with Crippen LogP contribution in [0, 0.1) is 11.3 Å². The number of rotatable bonds is 2. The van der Waals surface area contributed by atoms with E-state index in [0.29, 0.717) is 11.3 Å². The topological polar surface area (TPSA) is 25.8 Å². The van der Waals surface area contributed by atoms with Gasteiger partial charge in [-0.15, -0.1) is 0 Å². The van der Waals surface area contributed by atoms with Crippen LogP contribution in [0.4, 0.5) is 0 Å². The molecule has 2 bridgehead atoms. The second-order valence-electron chi connectivity index (χ2n) is 8.02. The normalized spacial score (nSPS) is 22.8. The second-order valence-corrected chi connectivity index (χ2v) is 8.02. The Morgan fingerprint density at radius 1 is 0.800 bits per heavy atom. The maximum absolute atomic E-state index is 5.00. The lowest BCUT2D eigenvalue weighted by atomic mass is 9.48. The molecule has 124 valence electrons. The average molecular weight is 326 g/mol. The average Bonchev–Trinajstić information content (AvgIpc) is 2.67. The molecule has 0 saturated heterocycles. The molecule has 2 nitrogen and oxygen atoms in total. The van der Waals surface area contributed by atoms with Crippen molar-refractivity contribution in [1.82, 2.24) is 9.97 Å². The van der Waals surface area contributed by atoms with E-state index in [1.54, 1.807) is 0 Å². The molecule has 3 aliphatic rings. The molecule has 3 aromatic rings. The van der Waals surface area contributed by atoms with Crippen molar-refractivity contribution in [3.63, 3.8) is 0 Å². The predicted molar refractivity (Wildman–Crippen MR) is 101 cm³/mol. The van der Waals surface area contributed by atoms with Gasteiger partial charge >= 0.3 is 0 Å². The van der Waals surface area contributed by atoms with Crippen LogP contribution >= 0.6 is 0 Å². The number of nitrogens with zero attached hydrogens (tertiary/aromatic N) is 2. The van der Waals surface area contributed by atoms with E-state index in [1.807, 2.05) is 6.07 Å². The Labute approximate surface area is 149 Å². The minimum Gasteiger partial charge on any atom is -0.251 e. The summed E-state index contributed by atoms with van der Waals surface area (Å²) in [6.45, 7) is 4.82. The molecule has 0 aliphatic heterocycles. The zero-order valence-electron chi connectivity index (χ0n) is 14.7. The molecule has 0 radical (unpaired) electrons. The van der Waals surface area contributed by atoms with Crippen LogP contribution in [0.5, 0.6) is 0 Å². The van der Waals surface area contributed by atoms with Gasteiger partial charge in [0.25, 0.3) is 0 Å². The number of hydrogen-bond donors (Lipinski definition) is 0. The van der Waals surface area contributed by atoms with Crippen LogP contribution in [0.2, 0.25) is 0 Å². The number of aromatic nitrogens is 2. The van der Waals surface area contributed by atoms with Crippen molar-refractivity contribution in [3.05, 3.63) is 71.9 Å². The standard InChI is InChI=1S/C23H22N2/c1-23(2)16-13-18(23)17-11-12-21(25-22(17)14-16)20-10-6-9-19(24-20)15-7-4-3-5-8-15/h3-12,16,18H,13-14H2,1-2H3/t16-,18+/m1/s1. The maximum atomic E-state index is 5.00. The molecule has 1 saturated carbocycles. The summed E-state index contributed by atoms with van der Waals surface area (Å²) in [6, 6.07) is 21.0. The van der Waals surface area contributed by atoms with Crippen LogP contribution in [0.3, 0.4) is 0 Å². The van der Waals surface area contributed by atoms with Gasteiger partial charge in [0, 0.05) is 11.3 Å². The molecule has 3 aliphatic carbocycles. The molecule has 2 atom stereocenters. The summed E-state index contributed by atoms with van der Waals surface area (Å²) in [5.41, 5.74) is 7.31. The molecule has 2 heterocycles. The first kappa shape index (κ1) is 14.8. The molecule has 1 fully saturated rings. The Kier molecular flexibility index (Phi) is 3.12. The summed E-state index contributed by atoms with van der Waals surface area (Å²) in [6.07, 6.45) is 2.45. The first-order chi connectivity index (χ1) is 12.1. The molecule has 0 amide bonds. The number of hydrogen-bond acceptors (Lipinski definition) is 2. The fourth-order valence-electron chi connectivity index (χ4n) is 4.61. The van der Waals surface area contributed by atoms with E-state index < -0.39 is 0 Å². The van der Waals surface area contributed by atoms with Crippen molar-refractivity contribution in [3.8, 4) is 22.6 Å². The van der Waals surface area contributed by atoms with Crippen molar-refractivity contribution in [2.75, 3.05) is 0 Å². The van der Waals surface area contributed by atoms with Gasteiger partial charge in [0.05, 0.1) is 17.1 Å². The zero-order chi connectivity index (χ0) is 17.0. The molecule has 1 aromatic carbocycles. The van der Waals surface area contributed by atoms with E-state index in [0.717, 1.165) is 35.0 Å². The monoisotopic (exact) mass is 326 g/mol. The second kappa shape index (κ2) is 5.26. The van der Waals surface area contributed by atoms with Crippen LogP contribution in [-0.2, 0) is 6.42 Å². The van der Waals surface area contributed by atoms with Crippen molar-refractivity contribution in [2.45, 2.75) is 32.6 Å². The van der Waals surface area contributed by atoms with Gasteiger partial charge in [0.15, 0.2) is 0 Å². The summed E-state index contributed by atoms with van der Waals surface area (Å²) in [7, 11) is 0. The van der Waals surface area contributed by atoms with Gasteiger partial charge in [0.1, 0.15) is 0 Å². The molecule has 0 spiro atoms. The Bertz CT molecular complexity index is 943. The molecule has 25 heavy (non-hydrogen) atoms. The van der Waals surface area contributed by atoms with Crippen molar-refractivity contribution >= 4 is 0 Å². The van der Waals surface area contributed by atoms with Crippen LogP contribution in [0.1, 0.15) is 37.4 Å². The van der Waals surface area contributed by atoms with Crippen molar-refractivity contribution in [2.24, 2.45) is 11.3 Å². The van der Waals surface area contributed by atoms with E-state index in [4.69, 9.17) is 9.97 Å². The predicted octanol–water partition coefficient (Wildman–Crippen LogP) is 5.50. The van der Waals surface area contributed by atoms with Crippen LogP contribution in [0.25, 0.3) is 22.6 Å². The molecule has 2 aromatic heterocycles. The smallest absolute Gasteiger partial charge is 0.0893 e. The van der Waals surface area contributed by atoms with Gasteiger partial charge in [-0.3, -0.25) is 4.98 Å². The van der Waals surface area contributed by atoms with Gasteiger partial charge in [-0.25, -0.2) is 4.98 Å². The third kappa shape index (κ3) is 2.24. The molecule has 2 heteroatoms. The minimum atomic E-state index is 0.446. The minimum absolute atomic E-state index is 0.446. The first-order valence-electron chi connectivity index (χ1n) is 9.15. The fraction of sp³-hybridized carbons (Fsp3) is 0.304. The first-order valence-corrected chi connectivity index (χ1v) is 9.15. The highest BCUT2D eigenvalue weighted by Crippen LogP contribution is 2.61. The Morgan fingerprint density at radius 2 is 1.56 bits per heavy atom. The lowest BCUT2D eigenvalue weighted by Crippen LogP contribution is -2.48. The van der Waals surface area contributed by atoms with E-state index in [9.17, 15) is 0 Å². The lowest BCUT2D eigenvalue weighted by molar-refractivity contribution is 0.0170. The summed E-state index contributed by atoms with van der Waals surface area (Å²) in [5, 5.41) is 0. The largest absolute Gasteiger partial charge is 0.251 e. The van der Waals surface area contributed by atoms with Gasteiger partial charge in [0.2, 0.25) is 0 Å². The fourth-order valence-corrected chi connectivity index (χ4v) is 4.61. The van der Waals surface area contributed by atoms with Gasteiger partial charge in [-0.1, -0.05) is 56.3 Å². The molecule has 0 unspecified atom stereocenters. The maximum Gasteiger partial charge on any atom is 0.0893 e. The van der Waals surface area contributed by atoms with Crippen LogP contribution in [0.15, 0.2) is 60.7 Å². The molecular weight excluding hydrogens is 304 g/mol. The molecule has 0 N–H and O–H groups in total. The molecule has 6 rings (SSSR count). The van der Waals surface area contributed by atoms with Gasteiger partial charge in [-0.05, 0) is 53.9 Å². The number of benzene rings is 1. The van der Waals surface area contributed by atoms with Gasteiger partial charge in [-0.2, -0.15) is 0 Å². The number of pyridine rings is 2. The van der Waals surface area contributed by atoms with Crippen molar-refractivity contribution in [1.29, 1.82) is 0 Å². The van der Waals surface area contributed by atoms with E-state index in [2.05, 4.69) is 68.4 Å². The van der Waals surface area contributed by atoms with E-state index >= 15 is 0 Å². The zero-order valence-corrected chi connectivity index (χ0v) is 14.7. The van der Waals surface area contributed by atoms with Gasteiger partial charge < -0.3 is 0 Å². The van der Waals surface area contributed by atoms with E-state index in [-0.39, 0.29) is 0 Å². The summed E-state index contributed by atoms with van der Waals surface area (Å²) in [5.74, 6) is 1.47. The summed E-state index contributed by atoms with van der Waals surface area (Å²) < 4.78 is 0. The lowest BCUT2D eigenvalue weighted by Gasteiger charge is -2.56. The summed E-state index contributed by atoms with van der Waals surface area (Å²) in [4.78, 5) is 9.86. The van der Waals surface area contributed by atoms with Crippen LogP contribution in [-0.4, -0.2) is 9.97 Å². The molecular formula is C23H22N2. The van der Waals surface area contributed by atoms with Crippen LogP contribution < -0.4 is 0 Å². The highest BCUT2D eigenvalue weighted by Gasteiger charge is 2.52. The van der Waals surface area contributed by atoms with E-state index in [1.165, 1.54) is 17.7 Å². The third-order valence-corrected chi connectivity index (χ3v) is 6.38. The van der Waals surface area contributed by atoms with Crippen molar-refractivity contribution < 1.29 is 0 Å².